The van der Waals surface area contributed by atoms with Gasteiger partial charge in [0, 0.05) is 24.1 Å². The normalized spacial score (nSPS) is 19.1. The molecular formula is C25H26F6N2O4S. The zero-order valence-corrected chi connectivity index (χ0v) is 20.9. The molecule has 1 heterocycles. The van der Waals surface area contributed by atoms with Gasteiger partial charge in [0.1, 0.15) is 5.75 Å². The third-order valence-corrected chi connectivity index (χ3v) is 7.85. The van der Waals surface area contributed by atoms with Crippen LogP contribution in [0.15, 0.2) is 47.4 Å². The Morgan fingerprint density at radius 1 is 0.947 bits per heavy atom. The summed E-state index contributed by atoms with van der Waals surface area (Å²) in [6.45, 7) is 0.557. The summed E-state index contributed by atoms with van der Waals surface area (Å²) in [6.07, 6.45) is -6.29. The summed E-state index contributed by atoms with van der Waals surface area (Å²) < 4.78 is 110. The number of hydrogen-bond acceptors (Lipinski definition) is 5. The first-order chi connectivity index (χ1) is 17.7. The largest absolute Gasteiger partial charge is 0.494 e. The molecule has 0 bridgehead atoms. The zero-order valence-electron chi connectivity index (χ0n) is 20.1. The average Bonchev–Trinajstić information content (AvgIpc) is 3.61. The van der Waals surface area contributed by atoms with Gasteiger partial charge >= 0.3 is 12.4 Å². The minimum absolute atomic E-state index is 0.115. The molecule has 6 nitrogen and oxygen atoms in total. The van der Waals surface area contributed by atoms with E-state index in [1.54, 1.807) is 24.3 Å². The molecule has 2 aliphatic rings. The number of ketones is 1. The Bertz CT molecular complexity index is 1230. The third-order valence-electron chi connectivity index (χ3n) is 6.52. The van der Waals surface area contributed by atoms with Gasteiger partial charge in [0.15, 0.2) is 5.78 Å². The van der Waals surface area contributed by atoms with Gasteiger partial charge < -0.3 is 4.74 Å². The number of rotatable bonds is 10. The second kappa shape index (κ2) is 10.9. The quantitative estimate of drug-likeness (QED) is 0.223. The Morgan fingerprint density at radius 3 is 2.11 bits per heavy atom. The number of sulfonamides is 1. The molecule has 1 aliphatic heterocycles. The number of Topliss-reactive ketones (excluding diaryl/α,β-unsaturated/α-hetero) is 1. The van der Waals surface area contributed by atoms with E-state index in [2.05, 4.69) is 4.83 Å². The Balaban J connectivity index is 1.35. The van der Waals surface area contributed by atoms with Crippen LogP contribution in [0.4, 0.5) is 26.3 Å². The van der Waals surface area contributed by atoms with Crippen LogP contribution < -0.4 is 9.57 Å². The predicted molar refractivity (Wildman–Crippen MR) is 125 cm³/mol. The molecule has 2 aromatic rings. The Labute approximate surface area is 216 Å². The minimum Gasteiger partial charge on any atom is -0.494 e. The Morgan fingerprint density at radius 2 is 1.55 bits per heavy atom. The van der Waals surface area contributed by atoms with Gasteiger partial charge in [-0.15, -0.1) is 4.83 Å². The molecular weight excluding hydrogens is 538 g/mol. The van der Waals surface area contributed by atoms with Crippen molar-refractivity contribution in [3.05, 3.63) is 59.2 Å². The highest BCUT2D eigenvalue weighted by Crippen LogP contribution is 2.37. The molecule has 2 aromatic carbocycles. The standard InChI is InChI=1S/C25H26F6N2O4S/c26-24(27,28)18-13-19(25(29,30)31)15-22(14-18)38(35,36)32-33-11-1-3-20(33)4-2-12-37-21-9-7-17(8-10-21)23(34)16-5-6-16/h7-10,13-16,20,32H,1-6,11-12H2. The summed E-state index contributed by atoms with van der Waals surface area (Å²) in [6, 6.07) is 6.80. The van der Waals surface area contributed by atoms with Gasteiger partial charge in [0.25, 0.3) is 10.0 Å². The van der Waals surface area contributed by atoms with Gasteiger partial charge in [0.2, 0.25) is 0 Å². The van der Waals surface area contributed by atoms with Crippen molar-refractivity contribution in [1.29, 1.82) is 0 Å². The van der Waals surface area contributed by atoms with Crippen molar-refractivity contribution in [2.45, 2.75) is 61.8 Å². The van der Waals surface area contributed by atoms with Gasteiger partial charge in [-0.05, 0) is 81.0 Å². The molecule has 1 unspecified atom stereocenters. The van der Waals surface area contributed by atoms with E-state index in [-0.39, 0.29) is 42.5 Å². The van der Waals surface area contributed by atoms with Crippen LogP contribution in [-0.4, -0.2) is 38.4 Å². The van der Waals surface area contributed by atoms with Crippen LogP contribution in [0.3, 0.4) is 0 Å². The van der Waals surface area contributed by atoms with E-state index in [0.29, 0.717) is 43.6 Å². The van der Waals surface area contributed by atoms with E-state index < -0.39 is 38.4 Å². The second-order valence-electron chi connectivity index (χ2n) is 9.48. The fourth-order valence-corrected chi connectivity index (χ4v) is 5.57. The molecule has 208 valence electrons. The molecule has 0 spiro atoms. The number of nitrogens with one attached hydrogen (secondary N) is 1. The van der Waals surface area contributed by atoms with Gasteiger partial charge in [0.05, 0.1) is 22.6 Å². The minimum atomic E-state index is -5.16. The van der Waals surface area contributed by atoms with Gasteiger partial charge in [-0.1, -0.05) is 0 Å². The van der Waals surface area contributed by atoms with Crippen molar-refractivity contribution in [2.75, 3.05) is 13.2 Å². The molecule has 4 rings (SSSR count). The number of ether oxygens (including phenoxy) is 1. The molecule has 1 aliphatic carbocycles. The maximum absolute atomic E-state index is 13.2. The second-order valence-corrected chi connectivity index (χ2v) is 11.1. The van der Waals surface area contributed by atoms with E-state index in [0.717, 1.165) is 12.8 Å². The van der Waals surface area contributed by atoms with Crippen molar-refractivity contribution < 1.29 is 44.3 Å². The predicted octanol–water partition coefficient (Wildman–Crippen LogP) is 5.83. The van der Waals surface area contributed by atoms with Crippen molar-refractivity contribution in [1.82, 2.24) is 9.84 Å². The summed E-state index contributed by atoms with van der Waals surface area (Å²) in [5, 5.41) is 1.33. The summed E-state index contributed by atoms with van der Waals surface area (Å²) in [5.74, 6) is 0.820. The fourth-order valence-electron chi connectivity index (χ4n) is 4.35. The molecule has 2 fully saturated rings. The van der Waals surface area contributed by atoms with Crippen LogP contribution in [-0.2, 0) is 22.4 Å². The van der Waals surface area contributed by atoms with Crippen molar-refractivity contribution in [2.24, 2.45) is 5.92 Å². The number of halogens is 6. The molecule has 1 atom stereocenters. The molecule has 1 N–H and O–H groups in total. The smallest absolute Gasteiger partial charge is 0.416 e. The van der Waals surface area contributed by atoms with Crippen LogP contribution in [0.1, 0.15) is 60.0 Å². The Hall–Kier alpha value is -2.64. The average molecular weight is 565 g/mol. The molecule has 1 saturated heterocycles. The molecule has 0 aromatic heterocycles. The first-order valence-corrected chi connectivity index (χ1v) is 13.6. The molecule has 0 amide bonds. The van der Waals surface area contributed by atoms with E-state index >= 15 is 0 Å². The van der Waals surface area contributed by atoms with Crippen molar-refractivity contribution in [3.63, 3.8) is 0 Å². The molecule has 13 heteroatoms. The SMILES string of the molecule is O=C(c1ccc(OCCCC2CCCN2NS(=O)(=O)c2cc(C(F)(F)F)cc(C(F)(F)F)c2)cc1)C1CC1. The topological polar surface area (TPSA) is 75.7 Å². The van der Waals surface area contributed by atoms with E-state index in [9.17, 15) is 39.6 Å². The van der Waals surface area contributed by atoms with Crippen LogP contribution in [0, 0.1) is 5.92 Å². The number of hydrogen-bond donors (Lipinski definition) is 1. The summed E-state index contributed by atoms with van der Waals surface area (Å²) in [7, 11) is -4.71. The lowest BCUT2D eigenvalue weighted by Crippen LogP contribution is -2.45. The number of carbonyl (C=O) groups excluding carboxylic acids is 1. The fraction of sp³-hybridized carbons (Fsp3) is 0.480. The zero-order chi connectivity index (χ0) is 27.7. The first kappa shape index (κ1) is 28.4. The van der Waals surface area contributed by atoms with Crippen LogP contribution in [0.5, 0.6) is 5.75 Å². The molecule has 1 saturated carbocycles. The van der Waals surface area contributed by atoms with E-state index in [4.69, 9.17) is 4.74 Å². The summed E-state index contributed by atoms with van der Waals surface area (Å²) in [4.78, 5) is 13.1. The van der Waals surface area contributed by atoms with Crippen molar-refractivity contribution >= 4 is 15.8 Å². The van der Waals surface area contributed by atoms with E-state index in [1.807, 2.05) is 0 Å². The molecule has 38 heavy (non-hydrogen) atoms. The number of nitrogens with zero attached hydrogens (tertiary/aromatic N) is 1. The highest BCUT2D eigenvalue weighted by atomic mass is 32.2. The van der Waals surface area contributed by atoms with Crippen LogP contribution in [0.25, 0.3) is 0 Å². The maximum Gasteiger partial charge on any atom is 0.416 e. The van der Waals surface area contributed by atoms with Gasteiger partial charge in [-0.25, -0.2) is 13.4 Å². The van der Waals surface area contributed by atoms with Crippen LogP contribution >= 0.6 is 0 Å². The van der Waals surface area contributed by atoms with Gasteiger partial charge in [-0.3, -0.25) is 4.79 Å². The van der Waals surface area contributed by atoms with Crippen LogP contribution in [0.2, 0.25) is 0 Å². The first-order valence-electron chi connectivity index (χ1n) is 12.1. The van der Waals surface area contributed by atoms with E-state index in [1.165, 1.54) is 5.01 Å². The Kier molecular flexibility index (Phi) is 8.10. The lowest BCUT2D eigenvalue weighted by molar-refractivity contribution is -0.143. The number of hydrazine groups is 1. The lowest BCUT2D eigenvalue weighted by atomic mass is 10.1. The molecule has 0 radical (unpaired) electrons. The summed E-state index contributed by atoms with van der Waals surface area (Å²) in [5.41, 5.74) is -2.77. The lowest BCUT2D eigenvalue weighted by Gasteiger charge is -2.25. The number of alkyl halides is 6. The monoisotopic (exact) mass is 564 g/mol. The van der Waals surface area contributed by atoms with Gasteiger partial charge in [-0.2, -0.15) is 26.3 Å². The number of benzene rings is 2. The summed E-state index contributed by atoms with van der Waals surface area (Å²) >= 11 is 0. The van der Waals surface area contributed by atoms with Crippen molar-refractivity contribution in [3.8, 4) is 5.75 Å². The highest BCUT2D eigenvalue weighted by Gasteiger charge is 2.39. The number of carbonyl (C=O) groups is 1. The maximum atomic E-state index is 13.2. The highest BCUT2D eigenvalue weighted by molar-refractivity contribution is 7.89. The third kappa shape index (κ3) is 7.06.